The fourth-order valence-electron chi connectivity index (χ4n) is 18.0. The molecule has 0 radical (unpaired) electrons. The monoisotopic (exact) mass is 1610 g/mol. The van der Waals surface area contributed by atoms with Crippen molar-refractivity contribution in [1.29, 1.82) is 5.26 Å². The molecule has 0 fully saturated rings. The maximum Gasteiger partial charge on any atom is 0.187 e. The van der Waals surface area contributed by atoms with Gasteiger partial charge in [-0.05, 0) is 261 Å². The molecule has 122 heavy (non-hydrogen) atoms. The molecule has 20 rings (SSSR count). The number of anilines is 12. The number of hydrogen-bond acceptors (Lipinski definition) is 7. The number of hydrogen-bond donors (Lipinski definition) is 0. The first-order chi connectivity index (χ1) is 59.6. The lowest BCUT2D eigenvalue weighted by atomic mass is 9.86. The minimum absolute atomic E-state index is 0.606. The number of nitriles is 1. The minimum atomic E-state index is -1.87. The highest BCUT2D eigenvalue weighted by Crippen LogP contribution is 2.56. The summed E-state index contributed by atoms with van der Waals surface area (Å²) in [7, 11) is -3.62. The number of rotatable bonds is 20. The van der Waals surface area contributed by atoms with Crippen LogP contribution in [0.4, 0.5) is 73.9 Å². The molecule has 0 unspecified atom stereocenters. The molecule has 8 nitrogen and oxygen atoms in total. The van der Waals surface area contributed by atoms with Crippen LogP contribution in [0.2, 0.25) is 39.3 Å². The van der Waals surface area contributed by atoms with Gasteiger partial charge in [0.05, 0.1) is 45.7 Å². The standard InChI is InChI=1S/C56H46N4OSi2.C56H48N2O/c1-58-38-20-24-41(25-21-38)59(39-14-10-8-11-15-39)43-26-28-47-52-34-49-48-31-44(62(2,3)4)27-29-46(48)53(60(40-16-12-9-13-17-40)42-22-18-37(36-57)19-23-42)35-50(49)51-32-45(63(5,6)7)33-55(56(51)52)61-54(47)30-43;1-3-5-19-39-29-31-46-48(33-39)49-37-52-47-32-30-45(57(41-21-11-7-12-22-41)42-23-13-8-14-24-42)36-54(47)59-55-35-40(20-6-4-2)34-51(56(52)55)50(49)38-53(46)58(43-25-15-9-16-26-43)44-27-17-10-18-28-44/h8-35H,2-7H3;7-18,21-38H,3-6,19-20H2,1-2H3. The van der Waals surface area contributed by atoms with Gasteiger partial charge < -0.3 is 29.1 Å². The molecule has 592 valence electrons. The summed E-state index contributed by atoms with van der Waals surface area (Å²) in [6, 6.07) is 129. The summed E-state index contributed by atoms with van der Waals surface area (Å²) >= 11 is 0. The van der Waals surface area contributed by atoms with Crippen LogP contribution >= 0.6 is 0 Å². The van der Waals surface area contributed by atoms with Crippen LogP contribution in [0.3, 0.4) is 0 Å². The zero-order chi connectivity index (χ0) is 83.3. The van der Waals surface area contributed by atoms with Crippen LogP contribution in [0.15, 0.2) is 352 Å². The van der Waals surface area contributed by atoms with Gasteiger partial charge in [-0.2, -0.15) is 5.26 Å². The summed E-state index contributed by atoms with van der Waals surface area (Å²) in [6.45, 7) is 26.6. The Morgan fingerprint density at radius 2 is 0.648 bits per heavy atom. The van der Waals surface area contributed by atoms with Crippen molar-refractivity contribution in [2.75, 3.05) is 19.6 Å². The Morgan fingerprint density at radius 1 is 0.295 bits per heavy atom. The Labute approximate surface area is 717 Å². The van der Waals surface area contributed by atoms with Crippen molar-refractivity contribution in [2.45, 2.75) is 91.7 Å². The highest BCUT2D eigenvalue weighted by Gasteiger charge is 2.32. The third kappa shape index (κ3) is 14.6. The fraction of sp³-hybridized carbons (Fsp3) is 0.125. The van der Waals surface area contributed by atoms with Gasteiger partial charge in [0.25, 0.3) is 0 Å². The fourth-order valence-corrected chi connectivity index (χ4v) is 20.3. The van der Waals surface area contributed by atoms with Crippen molar-refractivity contribution in [3.05, 3.63) is 380 Å². The maximum atomic E-state index is 9.73. The second-order valence-electron chi connectivity index (χ2n) is 34.3. The van der Waals surface area contributed by atoms with Gasteiger partial charge in [0.1, 0.15) is 23.0 Å². The van der Waals surface area contributed by atoms with Crippen LogP contribution in [0, 0.1) is 17.9 Å². The van der Waals surface area contributed by atoms with E-state index in [4.69, 9.17) is 16.0 Å². The smallest absolute Gasteiger partial charge is 0.187 e. The van der Waals surface area contributed by atoms with Gasteiger partial charge in [0, 0.05) is 102 Å². The van der Waals surface area contributed by atoms with E-state index in [0.29, 0.717) is 11.3 Å². The van der Waals surface area contributed by atoms with E-state index < -0.39 is 16.1 Å². The minimum Gasteiger partial charge on any atom is -0.456 e. The molecule has 0 atom stereocenters. The van der Waals surface area contributed by atoms with E-state index >= 15 is 0 Å². The zero-order valence-corrected chi connectivity index (χ0v) is 72.2. The molecule has 0 saturated heterocycles. The van der Waals surface area contributed by atoms with Crippen LogP contribution < -0.4 is 39.4 Å². The largest absolute Gasteiger partial charge is 0.456 e. The molecule has 2 aliphatic rings. The van der Waals surface area contributed by atoms with Crippen molar-refractivity contribution in [3.63, 3.8) is 0 Å². The van der Waals surface area contributed by atoms with E-state index in [-0.39, 0.29) is 0 Å². The van der Waals surface area contributed by atoms with E-state index in [9.17, 15) is 5.26 Å². The lowest BCUT2D eigenvalue weighted by Crippen LogP contribution is -2.37. The topological polar surface area (TPSA) is 59.6 Å². The number of fused-ring (bicyclic) bond motifs is 12. The van der Waals surface area contributed by atoms with Crippen LogP contribution in [0.25, 0.3) is 91.7 Å². The van der Waals surface area contributed by atoms with Gasteiger partial charge >= 0.3 is 0 Å². The van der Waals surface area contributed by atoms with Crippen molar-refractivity contribution in [2.24, 2.45) is 0 Å². The summed E-state index contributed by atoms with van der Waals surface area (Å²) in [5.74, 6) is 3.50. The molecule has 0 aliphatic carbocycles. The van der Waals surface area contributed by atoms with Crippen LogP contribution in [0.5, 0.6) is 23.0 Å². The molecule has 18 aromatic carbocycles. The van der Waals surface area contributed by atoms with Gasteiger partial charge in [0.2, 0.25) is 0 Å². The number of benzene rings is 18. The summed E-state index contributed by atoms with van der Waals surface area (Å²) in [5, 5.41) is 27.0. The number of para-hydroxylation sites is 6. The molecule has 2 heterocycles. The van der Waals surface area contributed by atoms with Crippen molar-refractivity contribution in [3.8, 4) is 51.3 Å². The van der Waals surface area contributed by atoms with Crippen molar-refractivity contribution >= 4 is 165 Å². The van der Waals surface area contributed by atoms with E-state index in [1.165, 1.54) is 86.6 Å². The average molecular weight is 1610 g/mol. The number of aryl methyl sites for hydroxylation is 2. The molecule has 0 N–H and O–H groups in total. The maximum absolute atomic E-state index is 9.73. The zero-order valence-electron chi connectivity index (χ0n) is 70.2. The first kappa shape index (κ1) is 77.6. The lowest BCUT2D eigenvalue weighted by Gasteiger charge is -2.30. The second-order valence-corrected chi connectivity index (χ2v) is 44.5. The van der Waals surface area contributed by atoms with E-state index in [0.717, 1.165) is 152 Å². The van der Waals surface area contributed by atoms with Gasteiger partial charge in [-0.25, -0.2) is 4.85 Å². The molecule has 0 spiro atoms. The molecule has 0 aromatic heterocycles. The second kappa shape index (κ2) is 32.5. The Hall–Kier alpha value is -14.3. The molecular weight excluding hydrogens is 1520 g/mol. The molecule has 0 bridgehead atoms. The Kier molecular flexibility index (Phi) is 20.7. The highest BCUT2D eigenvalue weighted by molar-refractivity contribution is 6.89. The van der Waals surface area contributed by atoms with Crippen LogP contribution in [-0.4, -0.2) is 16.1 Å². The summed E-state index contributed by atoms with van der Waals surface area (Å²) in [6.07, 6.45) is 6.64. The van der Waals surface area contributed by atoms with Gasteiger partial charge in [-0.3, -0.25) is 0 Å². The third-order valence-corrected chi connectivity index (χ3v) is 28.3. The van der Waals surface area contributed by atoms with E-state index in [1.54, 1.807) is 0 Å². The molecular formula is C112H94N6O2Si2. The number of ether oxygens (including phenoxy) is 2. The molecule has 0 saturated carbocycles. The van der Waals surface area contributed by atoms with Gasteiger partial charge in [0.15, 0.2) is 5.69 Å². The summed E-state index contributed by atoms with van der Waals surface area (Å²) in [4.78, 5) is 13.0. The predicted molar refractivity (Wildman–Crippen MR) is 522 cm³/mol. The van der Waals surface area contributed by atoms with E-state index in [1.807, 2.05) is 42.5 Å². The summed E-state index contributed by atoms with van der Waals surface area (Å²) in [5.41, 5.74) is 21.2. The molecule has 10 heteroatoms. The Balaban J connectivity index is 0.000000161. The quantitative estimate of drug-likeness (QED) is 0.0428. The normalized spacial score (nSPS) is 11.9. The van der Waals surface area contributed by atoms with Crippen LogP contribution in [0.1, 0.15) is 56.2 Å². The van der Waals surface area contributed by atoms with Gasteiger partial charge in [-0.1, -0.05) is 246 Å². The van der Waals surface area contributed by atoms with Gasteiger partial charge in [-0.15, -0.1) is 0 Å². The first-order valence-corrected chi connectivity index (χ1v) is 49.7. The molecule has 18 aromatic rings. The Morgan fingerprint density at radius 3 is 1.08 bits per heavy atom. The summed E-state index contributed by atoms with van der Waals surface area (Å²) < 4.78 is 14.3. The average Bonchev–Trinajstić information content (AvgIpc) is 0.710. The SMILES string of the molecule is CCCCc1ccc2c(N(c3ccccc3)c3ccccc3)cc3c4cc(CCCC)cc5c4c(cc3c2c1)-c1ccc(N(c2ccccc2)c2ccccc2)cc1O5.[C-]#[N+]c1ccc(N(c2ccccc2)c2ccc3c(c2)Oc2cc([Si](C)(C)C)cc4c2c-3cc2c3cc([Si](C)(C)C)ccc3c(N(c3ccccc3)c3ccc(C#N)cc3)cc42)cc1. The number of unbranched alkanes of at least 4 members (excludes halogenated alkanes) is 2. The first-order valence-electron chi connectivity index (χ1n) is 42.7. The van der Waals surface area contributed by atoms with Crippen molar-refractivity contribution < 1.29 is 9.47 Å². The van der Waals surface area contributed by atoms with E-state index in [2.05, 4.69) is 393 Å². The molecule has 0 amide bonds. The lowest BCUT2D eigenvalue weighted by molar-refractivity contribution is 0.486. The number of nitrogens with zero attached hydrogens (tertiary/aromatic N) is 6. The third-order valence-electron chi connectivity index (χ3n) is 24.2. The Bertz CT molecular complexity index is 7050. The van der Waals surface area contributed by atoms with Crippen molar-refractivity contribution in [1.82, 2.24) is 0 Å². The van der Waals surface area contributed by atoms with Crippen LogP contribution in [-0.2, 0) is 12.8 Å². The molecule has 2 aliphatic heterocycles. The highest BCUT2D eigenvalue weighted by atomic mass is 28.3. The predicted octanol–water partition coefficient (Wildman–Crippen LogP) is 31.9.